The SMILES string of the molecule is CCO[SH](=O)=O.COC(=O)c1ccc2c(c1)NC(=O)/C2=C(\Nc1ccc(N(C)C(=O)CN2CCN(C)CC2)cc1)c1ccccc1. The highest BCUT2D eigenvalue weighted by atomic mass is 32.2. The van der Waals surface area contributed by atoms with Crippen LogP contribution >= 0.6 is 0 Å². The van der Waals surface area contributed by atoms with Crippen LogP contribution in [0.15, 0.2) is 72.8 Å². The second kappa shape index (κ2) is 16.1. The van der Waals surface area contributed by atoms with Gasteiger partial charge >= 0.3 is 5.97 Å². The van der Waals surface area contributed by atoms with Gasteiger partial charge in [-0.3, -0.25) is 18.7 Å². The zero-order valence-corrected chi connectivity index (χ0v) is 27.2. The second-order valence-corrected chi connectivity index (χ2v) is 11.4. The zero-order valence-electron chi connectivity index (χ0n) is 26.3. The van der Waals surface area contributed by atoms with Crippen molar-refractivity contribution in [1.82, 2.24) is 9.80 Å². The first-order chi connectivity index (χ1) is 22.1. The van der Waals surface area contributed by atoms with E-state index in [-0.39, 0.29) is 18.4 Å². The summed E-state index contributed by atoms with van der Waals surface area (Å²) in [6.45, 7) is 5.94. The molecule has 0 saturated carbocycles. The molecule has 0 bridgehead atoms. The molecule has 2 amide bonds. The quantitative estimate of drug-likeness (QED) is 0.180. The van der Waals surface area contributed by atoms with E-state index < -0.39 is 17.0 Å². The van der Waals surface area contributed by atoms with Gasteiger partial charge in [-0.15, -0.1) is 0 Å². The Morgan fingerprint density at radius 1 is 0.957 bits per heavy atom. The highest BCUT2D eigenvalue weighted by molar-refractivity contribution is 7.67. The van der Waals surface area contributed by atoms with E-state index >= 15 is 0 Å². The molecule has 5 rings (SSSR count). The van der Waals surface area contributed by atoms with E-state index in [9.17, 15) is 22.8 Å². The minimum absolute atomic E-state index is 0.0444. The maximum Gasteiger partial charge on any atom is 0.337 e. The number of likely N-dealkylation sites (N-methyl/N-ethyl adjacent to an activating group) is 2. The molecule has 46 heavy (non-hydrogen) atoms. The third-order valence-corrected chi connectivity index (χ3v) is 8.05. The lowest BCUT2D eigenvalue weighted by molar-refractivity contribution is -0.119. The predicted molar refractivity (Wildman–Crippen MR) is 179 cm³/mol. The summed E-state index contributed by atoms with van der Waals surface area (Å²) in [5.41, 5.74) is 5.10. The number of benzene rings is 3. The maximum absolute atomic E-state index is 13.2. The molecule has 1 fully saturated rings. The number of methoxy groups -OCH3 is 1. The van der Waals surface area contributed by atoms with Gasteiger partial charge in [-0.25, -0.2) is 13.2 Å². The van der Waals surface area contributed by atoms with E-state index in [1.165, 1.54) is 7.11 Å². The number of thiol groups is 1. The molecular weight excluding hydrogens is 610 g/mol. The lowest BCUT2D eigenvalue weighted by Gasteiger charge is -2.32. The summed E-state index contributed by atoms with van der Waals surface area (Å²) in [6.07, 6.45) is 0. The van der Waals surface area contributed by atoms with Crippen LogP contribution in [0.5, 0.6) is 0 Å². The van der Waals surface area contributed by atoms with Crippen molar-refractivity contribution in [2.24, 2.45) is 0 Å². The van der Waals surface area contributed by atoms with E-state index in [0.29, 0.717) is 34.6 Å². The molecule has 1 saturated heterocycles. The predicted octanol–water partition coefficient (Wildman–Crippen LogP) is 3.17. The summed E-state index contributed by atoms with van der Waals surface area (Å²) in [6, 6.07) is 22.2. The molecule has 0 unspecified atom stereocenters. The highest BCUT2D eigenvalue weighted by Crippen LogP contribution is 2.38. The van der Waals surface area contributed by atoms with Gasteiger partial charge in [-0.1, -0.05) is 36.4 Å². The van der Waals surface area contributed by atoms with E-state index in [2.05, 4.69) is 31.7 Å². The fourth-order valence-corrected chi connectivity index (χ4v) is 5.23. The molecule has 13 heteroatoms. The fraction of sp³-hybridized carbons (Fsp3) is 0.303. The highest BCUT2D eigenvalue weighted by Gasteiger charge is 2.29. The van der Waals surface area contributed by atoms with Crippen molar-refractivity contribution < 1.29 is 31.7 Å². The first kappa shape index (κ1) is 34.3. The van der Waals surface area contributed by atoms with Crippen molar-refractivity contribution in [3.63, 3.8) is 0 Å². The van der Waals surface area contributed by atoms with Crippen LogP contribution < -0.4 is 15.5 Å². The molecule has 2 heterocycles. The number of rotatable bonds is 9. The van der Waals surface area contributed by atoms with Crippen LogP contribution in [0.1, 0.15) is 28.4 Å². The van der Waals surface area contributed by atoms with Gasteiger partial charge in [-0.05, 0) is 55.9 Å². The largest absolute Gasteiger partial charge is 0.465 e. The molecule has 2 aliphatic heterocycles. The fourth-order valence-electron chi connectivity index (χ4n) is 5.02. The Balaban J connectivity index is 0.000000731. The Bertz CT molecular complexity index is 1640. The molecule has 0 aromatic heterocycles. The van der Waals surface area contributed by atoms with Crippen molar-refractivity contribution in [2.75, 3.05) is 76.1 Å². The number of nitrogens with zero attached hydrogens (tertiary/aromatic N) is 3. The second-order valence-electron chi connectivity index (χ2n) is 10.7. The summed E-state index contributed by atoms with van der Waals surface area (Å²) >= 11 is 0. The monoisotopic (exact) mass is 649 g/mol. The average Bonchev–Trinajstić information content (AvgIpc) is 3.39. The molecule has 3 aromatic rings. The van der Waals surface area contributed by atoms with Gasteiger partial charge in [0.05, 0.1) is 42.8 Å². The lowest BCUT2D eigenvalue weighted by Crippen LogP contribution is -2.48. The normalized spacial score (nSPS) is 15.7. The van der Waals surface area contributed by atoms with Gasteiger partial charge in [0.25, 0.3) is 16.9 Å². The van der Waals surface area contributed by atoms with Crippen molar-refractivity contribution >= 4 is 57.1 Å². The van der Waals surface area contributed by atoms with Gasteiger partial charge in [-0.2, -0.15) is 0 Å². The van der Waals surface area contributed by atoms with Crippen LogP contribution in [0.3, 0.4) is 0 Å². The van der Waals surface area contributed by atoms with Crippen LogP contribution in [0.4, 0.5) is 17.1 Å². The van der Waals surface area contributed by atoms with E-state index in [4.69, 9.17) is 4.74 Å². The molecule has 12 nitrogen and oxygen atoms in total. The summed E-state index contributed by atoms with van der Waals surface area (Å²) < 4.78 is 27.6. The van der Waals surface area contributed by atoms with E-state index in [1.54, 1.807) is 37.1 Å². The maximum atomic E-state index is 13.2. The Hall–Kier alpha value is -4.56. The number of fused-ring (bicyclic) bond motifs is 1. The number of carbonyl (C=O) groups is 3. The minimum atomic E-state index is -2.60. The molecule has 2 N–H and O–H groups in total. The third-order valence-electron chi connectivity index (χ3n) is 7.59. The van der Waals surface area contributed by atoms with Gasteiger partial charge < -0.3 is 25.2 Å². The van der Waals surface area contributed by atoms with Gasteiger partial charge in [0.15, 0.2) is 0 Å². The van der Waals surface area contributed by atoms with Crippen LogP contribution in [0, 0.1) is 0 Å². The van der Waals surface area contributed by atoms with Crippen LogP contribution in [0.25, 0.3) is 11.3 Å². The summed E-state index contributed by atoms with van der Waals surface area (Å²) in [7, 11) is 2.61. The Kier molecular flexibility index (Phi) is 12.0. The number of nitrogens with one attached hydrogen (secondary N) is 2. The molecule has 2 aliphatic rings. The van der Waals surface area contributed by atoms with Crippen LogP contribution in [-0.2, 0) is 29.5 Å². The van der Waals surface area contributed by atoms with Crippen LogP contribution in [-0.4, -0.2) is 96.5 Å². The lowest BCUT2D eigenvalue weighted by atomic mass is 9.99. The number of ether oxygens (including phenoxy) is 1. The standard InChI is InChI=1S/C31H33N5O4.C2H6O3S/c1-34-15-17-36(18-16-34)20-27(37)35(2)24-12-10-23(11-13-24)32-29(21-7-5-4-6-8-21)28-25-14-9-22(31(39)40-3)19-26(25)33-30(28)38;1-2-5-6(3)4/h4-14,19,32H,15-18,20H2,1-3H3,(H,33,38);6H,2H2,1H3/b29-28-;. The van der Waals surface area contributed by atoms with E-state index in [0.717, 1.165) is 43.1 Å². The Labute approximate surface area is 270 Å². The molecule has 0 aliphatic carbocycles. The molecule has 0 radical (unpaired) electrons. The van der Waals surface area contributed by atoms with Gasteiger partial charge in [0.1, 0.15) is 0 Å². The van der Waals surface area contributed by atoms with Crippen molar-refractivity contribution in [3.8, 4) is 0 Å². The number of esters is 1. The zero-order chi connectivity index (χ0) is 33.2. The topological polar surface area (TPSA) is 138 Å². The number of amides is 2. The molecule has 0 atom stereocenters. The smallest absolute Gasteiger partial charge is 0.337 e. The van der Waals surface area contributed by atoms with Crippen molar-refractivity contribution in [3.05, 3.63) is 89.5 Å². The number of carbonyl (C=O) groups excluding carboxylic acids is 3. The van der Waals surface area contributed by atoms with Crippen LogP contribution in [0.2, 0.25) is 0 Å². The number of hydrogen-bond acceptors (Lipinski definition) is 10. The van der Waals surface area contributed by atoms with E-state index in [1.807, 2.05) is 54.6 Å². The average molecular weight is 650 g/mol. The molecule has 0 spiro atoms. The summed E-state index contributed by atoms with van der Waals surface area (Å²) in [4.78, 5) is 44.3. The van der Waals surface area contributed by atoms with Crippen molar-refractivity contribution in [2.45, 2.75) is 6.92 Å². The third kappa shape index (κ3) is 8.79. The number of piperazine rings is 1. The van der Waals surface area contributed by atoms with Crippen molar-refractivity contribution in [1.29, 1.82) is 0 Å². The number of hydrogen-bond donors (Lipinski definition) is 3. The molecular formula is C33H39N5O7S. The molecule has 3 aromatic carbocycles. The minimum Gasteiger partial charge on any atom is -0.465 e. The first-order valence-electron chi connectivity index (χ1n) is 14.8. The summed E-state index contributed by atoms with van der Waals surface area (Å²) in [5.74, 6) is -0.694. The molecule has 244 valence electrons. The first-order valence-corrected chi connectivity index (χ1v) is 15.9. The number of anilines is 3. The van der Waals surface area contributed by atoms with Gasteiger partial charge in [0, 0.05) is 50.2 Å². The van der Waals surface area contributed by atoms with Gasteiger partial charge in [0.2, 0.25) is 5.91 Å². The Morgan fingerprint density at radius 2 is 1.63 bits per heavy atom. The summed E-state index contributed by atoms with van der Waals surface area (Å²) in [5, 5.41) is 6.31. The Morgan fingerprint density at radius 3 is 2.22 bits per heavy atom.